The molecule has 2 unspecified atom stereocenters. The second-order valence-corrected chi connectivity index (χ2v) is 4.37. The summed E-state index contributed by atoms with van der Waals surface area (Å²) in [6.07, 6.45) is 1.54. The van der Waals surface area contributed by atoms with E-state index in [1.165, 1.54) is 0 Å². The van der Waals surface area contributed by atoms with E-state index in [9.17, 15) is 4.79 Å². The molecule has 3 nitrogen and oxygen atoms in total. The summed E-state index contributed by atoms with van der Waals surface area (Å²) in [5.74, 6) is 0. The fourth-order valence-electron chi connectivity index (χ4n) is 2.12. The smallest absolute Gasteiger partial charge is 0.257 e. The fraction of sp³-hybridized carbons (Fsp3) is 0.875. The van der Waals surface area contributed by atoms with Gasteiger partial charge in [0.1, 0.15) is 6.10 Å². The molecule has 0 aromatic heterocycles. The third-order valence-corrected chi connectivity index (χ3v) is 3.53. The van der Waals surface area contributed by atoms with Gasteiger partial charge in [-0.15, -0.1) is 0 Å². The lowest BCUT2D eigenvalue weighted by molar-refractivity contribution is -0.336. The molecule has 2 bridgehead atoms. The lowest BCUT2D eigenvalue weighted by Gasteiger charge is -2.28. The van der Waals surface area contributed by atoms with Crippen LogP contribution in [0.25, 0.3) is 0 Å². The Labute approximate surface area is 75.9 Å². The highest BCUT2D eigenvalue weighted by atomic mass is 35.5. The van der Waals surface area contributed by atoms with E-state index in [0.29, 0.717) is 6.42 Å². The van der Waals surface area contributed by atoms with Crippen molar-refractivity contribution in [2.24, 2.45) is 5.41 Å². The Bertz CT molecular complexity index is 228. The van der Waals surface area contributed by atoms with Crippen LogP contribution in [0.2, 0.25) is 0 Å². The van der Waals surface area contributed by atoms with Crippen LogP contribution >= 0.6 is 11.6 Å². The van der Waals surface area contributed by atoms with Crippen LogP contribution in [-0.2, 0) is 14.6 Å². The van der Waals surface area contributed by atoms with Crippen molar-refractivity contribution >= 4 is 16.8 Å². The normalized spacial score (nSPS) is 43.4. The molecular weight excluding hydrogens is 180 g/mol. The maximum atomic E-state index is 11.2. The van der Waals surface area contributed by atoms with Crippen molar-refractivity contribution in [3.8, 4) is 0 Å². The Morgan fingerprint density at radius 1 is 1.58 bits per heavy atom. The third kappa shape index (κ3) is 0.721. The van der Waals surface area contributed by atoms with E-state index in [2.05, 4.69) is 0 Å². The van der Waals surface area contributed by atoms with Crippen LogP contribution in [0.1, 0.15) is 26.7 Å². The monoisotopic (exact) mass is 190 g/mol. The van der Waals surface area contributed by atoms with Crippen LogP contribution in [0.5, 0.6) is 0 Å². The van der Waals surface area contributed by atoms with Gasteiger partial charge in [-0.25, -0.2) is 9.78 Å². The molecule has 0 aromatic carbocycles. The first kappa shape index (κ1) is 8.48. The SMILES string of the molecule is CC1(C)C2CCC1(C(=O)Cl)OO2. The molecule has 0 aromatic rings. The molecule has 1 saturated carbocycles. The molecular formula is C8H11ClO3. The molecule has 2 atom stereocenters. The lowest BCUT2D eigenvalue weighted by Crippen LogP contribution is -2.44. The zero-order valence-electron chi connectivity index (χ0n) is 7.09. The van der Waals surface area contributed by atoms with E-state index in [0.717, 1.165) is 6.42 Å². The van der Waals surface area contributed by atoms with E-state index >= 15 is 0 Å². The molecule has 4 heteroatoms. The van der Waals surface area contributed by atoms with Crippen LogP contribution < -0.4 is 0 Å². The highest BCUT2D eigenvalue weighted by Gasteiger charge is 2.66. The van der Waals surface area contributed by atoms with Crippen molar-refractivity contribution in [3.05, 3.63) is 0 Å². The van der Waals surface area contributed by atoms with Crippen molar-refractivity contribution < 1.29 is 14.6 Å². The Balaban J connectivity index is 2.43. The summed E-state index contributed by atoms with van der Waals surface area (Å²) in [5, 5.41) is -0.437. The number of carbonyl (C=O) groups excluding carboxylic acids is 1. The molecule has 2 rings (SSSR count). The summed E-state index contributed by atoms with van der Waals surface area (Å²) >= 11 is 5.51. The molecule has 1 aliphatic heterocycles. The van der Waals surface area contributed by atoms with Crippen molar-refractivity contribution in [3.63, 3.8) is 0 Å². The molecule has 2 fully saturated rings. The van der Waals surface area contributed by atoms with E-state index in [1.807, 2.05) is 13.8 Å². The van der Waals surface area contributed by atoms with Crippen molar-refractivity contribution in [2.45, 2.75) is 38.4 Å². The predicted molar refractivity (Wildman–Crippen MR) is 42.6 cm³/mol. The number of fused-ring (bicyclic) bond motifs is 2. The summed E-state index contributed by atoms with van der Waals surface area (Å²) in [6, 6.07) is 0. The van der Waals surface area contributed by atoms with Crippen molar-refractivity contribution in [1.29, 1.82) is 0 Å². The highest BCUT2D eigenvalue weighted by molar-refractivity contribution is 6.65. The van der Waals surface area contributed by atoms with Gasteiger partial charge in [0, 0.05) is 5.41 Å². The minimum atomic E-state index is -0.890. The minimum absolute atomic E-state index is 0.0141. The number of rotatable bonds is 1. The van der Waals surface area contributed by atoms with Gasteiger partial charge < -0.3 is 0 Å². The summed E-state index contributed by atoms with van der Waals surface area (Å²) in [4.78, 5) is 21.3. The molecule has 0 amide bonds. The number of hydrogen-bond acceptors (Lipinski definition) is 3. The van der Waals surface area contributed by atoms with Crippen LogP contribution in [-0.4, -0.2) is 16.9 Å². The van der Waals surface area contributed by atoms with Gasteiger partial charge in [0.05, 0.1) is 0 Å². The van der Waals surface area contributed by atoms with E-state index in [-0.39, 0.29) is 11.5 Å². The van der Waals surface area contributed by atoms with Crippen LogP contribution in [0.15, 0.2) is 0 Å². The molecule has 0 N–H and O–H groups in total. The summed E-state index contributed by atoms with van der Waals surface area (Å²) in [6.45, 7) is 3.91. The van der Waals surface area contributed by atoms with Crippen molar-refractivity contribution in [1.82, 2.24) is 0 Å². The average Bonchev–Trinajstić information content (AvgIpc) is 2.40. The molecule has 2 aliphatic rings. The van der Waals surface area contributed by atoms with Crippen LogP contribution in [0.4, 0.5) is 0 Å². The number of carbonyl (C=O) groups is 1. The largest absolute Gasteiger partial charge is 0.278 e. The topological polar surface area (TPSA) is 35.5 Å². The van der Waals surface area contributed by atoms with Gasteiger partial charge in [-0.1, -0.05) is 13.8 Å². The Kier molecular flexibility index (Phi) is 1.57. The molecule has 68 valence electrons. The average molecular weight is 191 g/mol. The van der Waals surface area contributed by atoms with Gasteiger partial charge in [-0.3, -0.25) is 4.79 Å². The molecule has 12 heavy (non-hydrogen) atoms. The van der Waals surface area contributed by atoms with Gasteiger partial charge in [0.25, 0.3) is 5.24 Å². The van der Waals surface area contributed by atoms with E-state index in [1.54, 1.807) is 0 Å². The Morgan fingerprint density at radius 2 is 2.25 bits per heavy atom. The third-order valence-electron chi connectivity index (χ3n) is 3.23. The zero-order valence-corrected chi connectivity index (χ0v) is 7.85. The number of halogens is 1. The highest BCUT2D eigenvalue weighted by Crippen LogP contribution is 2.56. The fourth-order valence-corrected chi connectivity index (χ4v) is 2.49. The van der Waals surface area contributed by atoms with Crippen LogP contribution in [0, 0.1) is 5.41 Å². The molecule has 0 radical (unpaired) electrons. The van der Waals surface area contributed by atoms with Gasteiger partial charge in [0.15, 0.2) is 5.60 Å². The van der Waals surface area contributed by atoms with Crippen molar-refractivity contribution in [2.75, 3.05) is 0 Å². The molecule has 1 heterocycles. The molecule has 0 spiro atoms. The second-order valence-electron chi connectivity index (χ2n) is 4.03. The van der Waals surface area contributed by atoms with Gasteiger partial charge >= 0.3 is 0 Å². The standard InChI is InChI=1S/C8H11ClO3/c1-7(2)5-3-4-8(7,6(9)10)12-11-5/h5H,3-4H2,1-2H3. The summed E-state index contributed by atoms with van der Waals surface area (Å²) in [5.41, 5.74) is -1.18. The molecule has 1 saturated heterocycles. The van der Waals surface area contributed by atoms with E-state index in [4.69, 9.17) is 21.4 Å². The second kappa shape index (κ2) is 2.22. The Morgan fingerprint density at radius 3 is 2.42 bits per heavy atom. The van der Waals surface area contributed by atoms with Crippen LogP contribution in [0.3, 0.4) is 0 Å². The lowest BCUT2D eigenvalue weighted by atomic mass is 9.78. The first-order valence-corrected chi connectivity index (χ1v) is 4.43. The van der Waals surface area contributed by atoms with Gasteiger partial charge in [-0.2, -0.15) is 0 Å². The predicted octanol–water partition coefficient (Wildman–Crippen LogP) is 1.64. The zero-order chi connectivity index (χ0) is 8.98. The maximum absolute atomic E-state index is 11.2. The quantitative estimate of drug-likeness (QED) is 0.466. The first-order valence-electron chi connectivity index (χ1n) is 4.05. The Hall–Kier alpha value is -0.120. The summed E-state index contributed by atoms with van der Waals surface area (Å²) < 4.78 is 0. The van der Waals surface area contributed by atoms with E-state index < -0.39 is 10.8 Å². The maximum Gasteiger partial charge on any atom is 0.257 e. The first-order chi connectivity index (χ1) is 5.51. The number of hydrogen-bond donors (Lipinski definition) is 0. The van der Waals surface area contributed by atoms with Gasteiger partial charge in [-0.05, 0) is 24.4 Å². The minimum Gasteiger partial charge on any atom is -0.278 e. The van der Waals surface area contributed by atoms with Gasteiger partial charge in [0.2, 0.25) is 0 Å². The summed E-state index contributed by atoms with van der Waals surface area (Å²) in [7, 11) is 0. The molecule has 1 aliphatic carbocycles.